The van der Waals surface area contributed by atoms with Crippen LogP contribution in [0.25, 0.3) is 0 Å². The van der Waals surface area contributed by atoms with Crippen molar-refractivity contribution in [2.24, 2.45) is 0 Å². The number of aryl methyl sites for hydroxylation is 2. The van der Waals surface area contributed by atoms with E-state index in [1.165, 1.54) is 11.3 Å². The first-order valence-electron chi connectivity index (χ1n) is 6.04. The zero-order valence-corrected chi connectivity index (χ0v) is 12.8. The second-order valence-corrected chi connectivity index (χ2v) is 5.82. The molecule has 0 aliphatic rings. The number of thiocarbonyl (C=S) groups is 1. The first-order chi connectivity index (χ1) is 9.56. The van der Waals surface area contributed by atoms with Crippen molar-refractivity contribution in [3.8, 4) is 0 Å². The van der Waals surface area contributed by atoms with Gasteiger partial charge in [-0.1, -0.05) is 18.2 Å². The number of para-hydroxylation sites is 1. The molecule has 0 atom stereocenters. The van der Waals surface area contributed by atoms with Gasteiger partial charge in [0, 0.05) is 15.9 Å². The molecule has 1 aromatic heterocycles. The Kier molecular flexibility index (Phi) is 4.70. The van der Waals surface area contributed by atoms with E-state index in [4.69, 9.17) is 12.2 Å². The average molecular weight is 305 g/mol. The van der Waals surface area contributed by atoms with Crippen molar-refractivity contribution in [2.45, 2.75) is 13.8 Å². The van der Waals surface area contributed by atoms with Crippen LogP contribution in [0.5, 0.6) is 0 Å². The molecule has 0 aliphatic carbocycles. The number of benzene rings is 1. The van der Waals surface area contributed by atoms with Gasteiger partial charge in [-0.3, -0.25) is 15.6 Å². The number of carbonyl (C=O) groups is 1. The van der Waals surface area contributed by atoms with Gasteiger partial charge < -0.3 is 5.32 Å². The molecule has 4 nitrogen and oxygen atoms in total. The summed E-state index contributed by atoms with van der Waals surface area (Å²) in [5, 5.41) is 5.19. The summed E-state index contributed by atoms with van der Waals surface area (Å²) in [5.41, 5.74) is 7.87. The maximum absolute atomic E-state index is 11.8. The Morgan fingerprint density at radius 1 is 1.20 bits per heavy atom. The highest BCUT2D eigenvalue weighted by molar-refractivity contribution is 7.80. The molecule has 20 heavy (non-hydrogen) atoms. The van der Waals surface area contributed by atoms with E-state index in [1.54, 1.807) is 0 Å². The molecule has 2 rings (SSSR count). The quantitative estimate of drug-likeness (QED) is 0.590. The zero-order chi connectivity index (χ0) is 14.5. The van der Waals surface area contributed by atoms with E-state index in [0.29, 0.717) is 10.7 Å². The molecule has 6 heteroatoms. The highest BCUT2D eigenvalue weighted by Crippen LogP contribution is 2.13. The van der Waals surface area contributed by atoms with E-state index in [2.05, 4.69) is 16.2 Å². The summed E-state index contributed by atoms with van der Waals surface area (Å²) < 4.78 is 0. The number of hydrogen-bond donors (Lipinski definition) is 3. The average Bonchev–Trinajstić information content (AvgIpc) is 2.85. The molecule has 1 heterocycles. The lowest BCUT2D eigenvalue weighted by molar-refractivity contribution is 0.0944. The molecule has 3 N–H and O–H groups in total. The predicted octanol–water partition coefficient (Wildman–Crippen LogP) is 3.00. The third-order valence-corrected chi connectivity index (χ3v) is 3.74. The van der Waals surface area contributed by atoms with E-state index in [0.717, 1.165) is 16.1 Å². The SMILES string of the molecule is Cc1cc(C(=O)NNC(=S)Nc2ccccc2C)cs1. The summed E-state index contributed by atoms with van der Waals surface area (Å²) in [6, 6.07) is 9.62. The highest BCUT2D eigenvalue weighted by atomic mass is 32.1. The lowest BCUT2D eigenvalue weighted by Crippen LogP contribution is -2.43. The van der Waals surface area contributed by atoms with Crippen molar-refractivity contribution >= 4 is 40.3 Å². The van der Waals surface area contributed by atoms with Gasteiger partial charge >= 0.3 is 0 Å². The van der Waals surface area contributed by atoms with Gasteiger partial charge in [0.1, 0.15) is 0 Å². The Bertz CT molecular complexity index is 637. The summed E-state index contributed by atoms with van der Waals surface area (Å²) in [4.78, 5) is 12.9. The number of carbonyl (C=O) groups excluding carboxylic acids is 1. The van der Waals surface area contributed by atoms with Gasteiger partial charge in [0.25, 0.3) is 5.91 Å². The molecule has 0 saturated heterocycles. The van der Waals surface area contributed by atoms with Crippen LogP contribution in [-0.4, -0.2) is 11.0 Å². The van der Waals surface area contributed by atoms with Crippen molar-refractivity contribution in [3.63, 3.8) is 0 Å². The number of hydrogen-bond acceptors (Lipinski definition) is 3. The van der Waals surface area contributed by atoms with Gasteiger partial charge in [0.15, 0.2) is 5.11 Å². The van der Waals surface area contributed by atoms with Crippen molar-refractivity contribution in [3.05, 3.63) is 51.7 Å². The third-order valence-electron chi connectivity index (χ3n) is 2.68. The summed E-state index contributed by atoms with van der Waals surface area (Å²) >= 11 is 6.67. The fourth-order valence-corrected chi connectivity index (χ4v) is 2.46. The van der Waals surface area contributed by atoms with Gasteiger partial charge in [-0.25, -0.2) is 0 Å². The van der Waals surface area contributed by atoms with Crippen molar-refractivity contribution < 1.29 is 4.79 Å². The second-order valence-electron chi connectivity index (χ2n) is 4.29. The van der Waals surface area contributed by atoms with Crippen LogP contribution in [-0.2, 0) is 0 Å². The van der Waals surface area contributed by atoms with Crippen LogP contribution < -0.4 is 16.2 Å². The van der Waals surface area contributed by atoms with Crippen LogP contribution in [0.15, 0.2) is 35.7 Å². The molecule has 0 radical (unpaired) electrons. The van der Waals surface area contributed by atoms with Crippen LogP contribution >= 0.6 is 23.6 Å². The Morgan fingerprint density at radius 2 is 1.95 bits per heavy atom. The van der Waals surface area contributed by atoms with Crippen LogP contribution in [0.2, 0.25) is 0 Å². The number of anilines is 1. The normalized spacial score (nSPS) is 9.90. The lowest BCUT2D eigenvalue weighted by atomic mass is 10.2. The molecular weight excluding hydrogens is 290 g/mol. The van der Waals surface area contributed by atoms with Crippen LogP contribution in [0.3, 0.4) is 0 Å². The molecule has 1 amide bonds. The molecular formula is C14H15N3OS2. The van der Waals surface area contributed by atoms with Gasteiger partial charge in [0.2, 0.25) is 0 Å². The number of thiophene rings is 1. The monoisotopic (exact) mass is 305 g/mol. The van der Waals surface area contributed by atoms with Crippen molar-refractivity contribution in [2.75, 3.05) is 5.32 Å². The molecule has 0 bridgehead atoms. The highest BCUT2D eigenvalue weighted by Gasteiger charge is 2.07. The van der Waals surface area contributed by atoms with Crippen molar-refractivity contribution in [1.82, 2.24) is 10.9 Å². The molecule has 0 spiro atoms. The molecule has 0 unspecified atom stereocenters. The Hall–Kier alpha value is -1.92. The minimum atomic E-state index is -0.205. The minimum Gasteiger partial charge on any atom is -0.331 e. The van der Waals surface area contributed by atoms with E-state index in [-0.39, 0.29) is 5.91 Å². The number of nitrogens with one attached hydrogen (secondary N) is 3. The molecule has 0 saturated carbocycles. The Labute approximate surface area is 127 Å². The van der Waals surface area contributed by atoms with Gasteiger partial charge in [-0.15, -0.1) is 11.3 Å². The van der Waals surface area contributed by atoms with Gasteiger partial charge in [-0.05, 0) is 43.8 Å². The van der Waals surface area contributed by atoms with Crippen LogP contribution in [0, 0.1) is 13.8 Å². The van der Waals surface area contributed by atoms with E-state index in [9.17, 15) is 4.79 Å². The lowest BCUT2D eigenvalue weighted by Gasteiger charge is -2.12. The number of hydrazine groups is 1. The standard InChI is InChI=1S/C14H15N3OS2/c1-9-5-3-4-6-12(9)15-14(19)17-16-13(18)11-7-10(2)20-8-11/h3-8H,1-2H3,(H,16,18)(H2,15,17,19). The van der Waals surface area contributed by atoms with Crippen LogP contribution in [0.1, 0.15) is 20.8 Å². The predicted molar refractivity (Wildman–Crippen MR) is 87.1 cm³/mol. The fourth-order valence-electron chi connectivity index (χ4n) is 1.61. The Balaban J connectivity index is 1.87. The van der Waals surface area contributed by atoms with Crippen LogP contribution in [0.4, 0.5) is 5.69 Å². The maximum atomic E-state index is 11.8. The zero-order valence-electron chi connectivity index (χ0n) is 11.2. The van der Waals surface area contributed by atoms with Gasteiger partial charge in [-0.2, -0.15) is 0 Å². The molecule has 0 fully saturated rings. The first kappa shape index (κ1) is 14.5. The van der Waals surface area contributed by atoms with Gasteiger partial charge in [0.05, 0.1) is 5.56 Å². The van der Waals surface area contributed by atoms with E-state index >= 15 is 0 Å². The molecule has 2 aromatic rings. The minimum absolute atomic E-state index is 0.205. The van der Waals surface area contributed by atoms with E-state index < -0.39 is 0 Å². The van der Waals surface area contributed by atoms with Crippen molar-refractivity contribution in [1.29, 1.82) is 0 Å². The summed E-state index contributed by atoms with van der Waals surface area (Å²) in [6.45, 7) is 3.94. The van der Waals surface area contributed by atoms with E-state index in [1.807, 2.05) is 49.6 Å². The fraction of sp³-hybridized carbons (Fsp3) is 0.143. The smallest absolute Gasteiger partial charge is 0.270 e. The largest absolute Gasteiger partial charge is 0.331 e. The first-order valence-corrected chi connectivity index (χ1v) is 7.33. The second kappa shape index (κ2) is 6.49. The molecule has 1 aromatic carbocycles. The Morgan fingerprint density at radius 3 is 2.60 bits per heavy atom. The molecule has 0 aliphatic heterocycles. The third kappa shape index (κ3) is 3.79. The number of rotatable bonds is 2. The summed E-state index contributed by atoms with van der Waals surface area (Å²) in [5.74, 6) is -0.205. The maximum Gasteiger partial charge on any atom is 0.270 e. The molecule has 104 valence electrons. The summed E-state index contributed by atoms with van der Waals surface area (Å²) in [7, 11) is 0. The topological polar surface area (TPSA) is 53.2 Å². The summed E-state index contributed by atoms with van der Waals surface area (Å²) in [6.07, 6.45) is 0. The number of amides is 1.